The molecule has 4 aromatic rings. The quantitative estimate of drug-likeness (QED) is 0.338. The van der Waals surface area contributed by atoms with E-state index in [4.69, 9.17) is 4.42 Å². The molecule has 1 heterocycles. The lowest BCUT2D eigenvalue weighted by Crippen LogP contribution is -2.11. The van der Waals surface area contributed by atoms with Crippen LogP contribution in [0.1, 0.15) is 52.7 Å². The minimum atomic E-state index is -0.305. The third-order valence-electron chi connectivity index (χ3n) is 5.89. The van der Waals surface area contributed by atoms with Gasteiger partial charge in [-0.3, -0.25) is 0 Å². The van der Waals surface area contributed by atoms with E-state index in [0.29, 0.717) is 11.1 Å². The zero-order chi connectivity index (χ0) is 22.4. The second kappa shape index (κ2) is 7.53. The summed E-state index contributed by atoms with van der Waals surface area (Å²) in [6.07, 6.45) is 0. The first kappa shape index (κ1) is 21.1. The maximum Gasteiger partial charge on any atom is 0.344 e. The molecule has 0 atom stereocenters. The predicted molar refractivity (Wildman–Crippen MR) is 131 cm³/mol. The van der Waals surface area contributed by atoms with Crippen molar-refractivity contribution >= 4 is 10.8 Å². The SMILES string of the molecule is CC(C)(C)c1ccc(-c2oc(=O)c3ccccc3c2-c2ccc(C(C)(C)C)cc2)cc1. The van der Waals surface area contributed by atoms with Crippen LogP contribution in [0, 0.1) is 0 Å². The van der Waals surface area contributed by atoms with Gasteiger partial charge in [0.15, 0.2) is 0 Å². The first-order chi connectivity index (χ1) is 14.6. The Bertz CT molecular complexity index is 1280. The molecular formula is C29H30O2. The lowest BCUT2D eigenvalue weighted by atomic mass is 9.85. The van der Waals surface area contributed by atoms with Gasteiger partial charge in [0.2, 0.25) is 0 Å². The molecule has 0 saturated carbocycles. The Hall–Kier alpha value is -3.13. The van der Waals surface area contributed by atoms with Gasteiger partial charge in [-0.1, -0.05) is 108 Å². The molecule has 3 aromatic carbocycles. The average molecular weight is 411 g/mol. The van der Waals surface area contributed by atoms with Gasteiger partial charge in [0.25, 0.3) is 0 Å². The van der Waals surface area contributed by atoms with E-state index in [-0.39, 0.29) is 16.5 Å². The van der Waals surface area contributed by atoms with Gasteiger partial charge in [-0.05, 0) is 33.6 Å². The van der Waals surface area contributed by atoms with Gasteiger partial charge in [-0.25, -0.2) is 4.79 Å². The van der Waals surface area contributed by atoms with Crippen LogP contribution in [0.25, 0.3) is 33.2 Å². The molecule has 0 saturated heterocycles. The molecule has 2 nitrogen and oxygen atoms in total. The second-order valence-electron chi connectivity index (χ2n) is 10.3. The Morgan fingerprint density at radius 2 is 1.03 bits per heavy atom. The highest BCUT2D eigenvalue weighted by molar-refractivity contribution is 6.01. The number of hydrogen-bond acceptors (Lipinski definition) is 2. The molecule has 0 unspecified atom stereocenters. The molecular weight excluding hydrogens is 380 g/mol. The van der Waals surface area contributed by atoms with Gasteiger partial charge < -0.3 is 4.42 Å². The van der Waals surface area contributed by atoms with Crippen molar-refractivity contribution in [2.24, 2.45) is 0 Å². The maximum atomic E-state index is 12.8. The molecule has 2 heteroatoms. The molecule has 0 aliphatic rings. The summed E-state index contributed by atoms with van der Waals surface area (Å²) in [5.74, 6) is 0.618. The van der Waals surface area contributed by atoms with Gasteiger partial charge >= 0.3 is 5.63 Å². The zero-order valence-corrected chi connectivity index (χ0v) is 19.2. The van der Waals surface area contributed by atoms with Crippen molar-refractivity contribution in [1.82, 2.24) is 0 Å². The third-order valence-corrected chi connectivity index (χ3v) is 5.89. The zero-order valence-electron chi connectivity index (χ0n) is 19.2. The summed E-state index contributed by atoms with van der Waals surface area (Å²) in [4.78, 5) is 12.8. The lowest BCUT2D eigenvalue weighted by molar-refractivity contribution is 0.536. The van der Waals surface area contributed by atoms with Gasteiger partial charge in [0, 0.05) is 16.5 Å². The summed E-state index contributed by atoms with van der Waals surface area (Å²) in [7, 11) is 0. The topological polar surface area (TPSA) is 30.2 Å². The van der Waals surface area contributed by atoms with Crippen molar-refractivity contribution in [1.29, 1.82) is 0 Å². The number of benzene rings is 3. The summed E-state index contributed by atoms with van der Waals surface area (Å²) < 4.78 is 5.93. The summed E-state index contributed by atoms with van der Waals surface area (Å²) in [6, 6.07) is 24.7. The molecule has 0 fully saturated rings. The largest absolute Gasteiger partial charge is 0.422 e. The van der Waals surface area contributed by atoms with Crippen LogP contribution in [0.15, 0.2) is 82.0 Å². The van der Waals surface area contributed by atoms with Gasteiger partial charge in [0.1, 0.15) is 5.76 Å². The Labute approximate surface area is 184 Å². The fourth-order valence-electron chi connectivity index (χ4n) is 3.95. The second-order valence-corrected chi connectivity index (χ2v) is 10.3. The molecule has 0 aliphatic carbocycles. The van der Waals surface area contributed by atoms with Crippen molar-refractivity contribution in [3.63, 3.8) is 0 Å². The minimum Gasteiger partial charge on any atom is -0.422 e. The molecule has 4 rings (SSSR count). The molecule has 0 radical (unpaired) electrons. The summed E-state index contributed by atoms with van der Waals surface area (Å²) >= 11 is 0. The van der Waals surface area contributed by atoms with Gasteiger partial charge in [-0.2, -0.15) is 0 Å². The van der Waals surface area contributed by atoms with Gasteiger partial charge in [-0.15, -0.1) is 0 Å². The van der Waals surface area contributed by atoms with Crippen molar-refractivity contribution < 1.29 is 4.42 Å². The van der Waals surface area contributed by atoms with Crippen LogP contribution < -0.4 is 5.63 Å². The molecule has 0 amide bonds. The third kappa shape index (κ3) is 4.07. The standard InChI is InChI=1S/C29H30O2/c1-28(2,3)21-15-11-19(12-16-21)25-23-9-7-8-10-24(23)27(30)31-26(25)20-13-17-22(18-14-20)29(4,5)6/h7-18H,1-6H3. The van der Waals surface area contributed by atoms with E-state index in [9.17, 15) is 4.79 Å². The molecule has 31 heavy (non-hydrogen) atoms. The fraction of sp³-hybridized carbons (Fsp3) is 0.276. The summed E-state index contributed by atoms with van der Waals surface area (Å²) in [5, 5.41) is 1.52. The Balaban J connectivity index is 1.97. The first-order valence-electron chi connectivity index (χ1n) is 10.8. The molecule has 0 aliphatic heterocycles. The highest BCUT2D eigenvalue weighted by Gasteiger charge is 2.20. The highest BCUT2D eigenvalue weighted by Crippen LogP contribution is 2.38. The Morgan fingerprint density at radius 3 is 1.52 bits per heavy atom. The van der Waals surface area contributed by atoms with Crippen LogP contribution in [0.2, 0.25) is 0 Å². The Morgan fingerprint density at radius 1 is 0.581 bits per heavy atom. The molecule has 0 N–H and O–H groups in total. The van der Waals surface area contributed by atoms with Crippen molar-refractivity contribution in [3.05, 3.63) is 94.3 Å². The summed E-state index contributed by atoms with van der Waals surface area (Å²) in [6.45, 7) is 13.2. The first-order valence-corrected chi connectivity index (χ1v) is 10.8. The van der Waals surface area contributed by atoms with E-state index in [2.05, 4.69) is 90.1 Å². The average Bonchev–Trinajstić information content (AvgIpc) is 2.73. The van der Waals surface area contributed by atoms with Crippen LogP contribution in [-0.4, -0.2) is 0 Å². The maximum absolute atomic E-state index is 12.8. The smallest absolute Gasteiger partial charge is 0.344 e. The molecule has 1 aromatic heterocycles. The van der Waals surface area contributed by atoms with E-state index in [1.54, 1.807) is 0 Å². The summed E-state index contributed by atoms with van der Waals surface area (Å²) in [5.41, 5.74) is 5.27. The van der Waals surface area contributed by atoms with E-state index in [1.807, 2.05) is 24.3 Å². The van der Waals surface area contributed by atoms with Crippen LogP contribution in [0.3, 0.4) is 0 Å². The minimum absolute atomic E-state index is 0.0639. The van der Waals surface area contributed by atoms with Crippen molar-refractivity contribution in [2.45, 2.75) is 52.4 Å². The predicted octanol–water partition coefficient (Wildman–Crippen LogP) is 7.72. The van der Waals surface area contributed by atoms with Crippen LogP contribution >= 0.6 is 0 Å². The van der Waals surface area contributed by atoms with E-state index in [1.165, 1.54) is 11.1 Å². The van der Waals surface area contributed by atoms with Crippen molar-refractivity contribution in [3.8, 4) is 22.5 Å². The normalized spacial score (nSPS) is 12.3. The van der Waals surface area contributed by atoms with Crippen molar-refractivity contribution in [2.75, 3.05) is 0 Å². The van der Waals surface area contributed by atoms with Crippen LogP contribution in [-0.2, 0) is 10.8 Å². The van der Waals surface area contributed by atoms with Crippen LogP contribution in [0.4, 0.5) is 0 Å². The molecule has 158 valence electrons. The number of fused-ring (bicyclic) bond motifs is 1. The van der Waals surface area contributed by atoms with E-state index >= 15 is 0 Å². The monoisotopic (exact) mass is 410 g/mol. The van der Waals surface area contributed by atoms with Crippen LogP contribution in [0.5, 0.6) is 0 Å². The molecule has 0 bridgehead atoms. The Kier molecular flexibility index (Phi) is 5.13. The number of rotatable bonds is 2. The fourth-order valence-corrected chi connectivity index (χ4v) is 3.95. The number of hydrogen-bond donors (Lipinski definition) is 0. The molecule has 0 spiro atoms. The van der Waals surface area contributed by atoms with E-state index in [0.717, 1.165) is 22.1 Å². The van der Waals surface area contributed by atoms with Gasteiger partial charge in [0.05, 0.1) is 5.39 Å². The van der Waals surface area contributed by atoms with E-state index < -0.39 is 0 Å². The lowest BCUT2D eigenvalue weighted by Gasteiger charge is -2.20. The highest BCUT2D eigenvalue weighted by atomic mass is 16.4.